The molecular weight excluding hydrogens is 352 g/mol. The van der Waals surface area contributed by atoms with Crippen molar-refractivity contribution in [1.82, 2.24) is 4.98 Å². The second-order valence-electron chi connectivity index (χ2n) is 5.05. The quantitative estimate of drug-likeness (QED) is 0.712. The number of anilines is 1. The zero-order valence-corrected chi connectivity index (χ0v) is 14.5. The molecule has 2 aromatic heterocycles. The summed E-state index contributed by atoms with van der Waals surface area (Å²) >= 11 is 7.20. The third-order valence-corrected chi connectivity index (χ3v) is 4.47. The molecular formula is C16H13ClN2O4S. The van der Waals surface area contributed by atoms with Gasteiger partial charge in [-0.15, -0.1) is 11.3 Å². The van der Waals surface area contributed by atoms with Crippen molar-refractivity contribution in [2.24, 2.45) is 0 Å². The maximum atomic E-state index is 12.4. The van der Waals surface area contributed by atoms with Gasteiger partial charge in [-0.05, 0) is 25.1 Å². The fourth-order valence-corrected chi connectivity index (χ4v) is 3.11. The molecule has 0 aliphatic rings. The minimum atomic E-state index is -0.404. The Morgan fingerprint density at radius 1 is 1.42 bits per heavy atom. The van der Waals surface area contributed by atoms with Crippen LogP contribution in [0.1, 0.15) is 21.8 Å². The SMILES string of the molecule is COC(=O)Cc1csc(NC(=O)c2oc3ccc(Cl)cc3c2C)n1. The minimum absolute atomic E-state index is 0.0606. The molecule has 1 N–H and O–H groups in total. The van der Waals surface area contributed by atoms with E-state index in [1.165, 1.54) is 18.4 Å². The minimum Gasteiger partial charge on any atom is -0.469 e. The fourth-order valence-electron chi connectivity index (χ4n) is 2.23. The normalized spacial score (nSPS) is 10.8. The van der Waals surface area contributed by atoms with E-state index in [4.69, 9.17) is 16.0 Å². The molecule has 1 amide bonds. The number of thiazole rings is 1. The first kappa shape index (κ1) is 16.5. The number of nitrogens with one attached hydrogen (secondary N) is 1. The van der Waals surface area contributed by atoms with Gasteiger partial charge >= 0.3 is 5.97 Å². The summed E-state index contributed by atoms with van der Waals surface area (Å²) in [6.45, 7) is 1.79. The molecule has 0 aliphatic heterocycles. The van der Waals surface area contributed by atoms with Crippen LogP contribution in [0, 0.1) is 6.92 Å². The number of fused-ring (bicyclic) bond motifs is 1. The van der Waals surface area contributed by atoms with Crippen molar-refractivity contribution in [2.45, 2.75) is 13.3 Å². The molecule has 0 atom stereocenters. The number of hydrogen-bond acceptors (Lipinski definition) is 6. The number of carbonyl (C=O) groups is 2. The molecule has 6 nitrogen and oxygen atoms in total. The van der Waals surface area contributed by atoms with Gasteiger partial charge < -0.3 is 9.15 Å². The van der Waals surface area contributed by atoms with E-state index in [0.717, 1.165) is 5.39 Å². The topological polar surface area (TPSA) is 81.4 Å². The summed E-state index contributed by atoms with van der Waals surface area (Å²) in [6, 6.07) is 5.18. The van der Waals surface area contributed by atoms with Crippen LogP contribution in [-0.4, -0.2) is 24.0 Å². The standard InChI is InChI=1S/C16H13ClN2O4S/c1-8-11-5-9(17)3-4-12(11)23-14(8)15(21)19-16-18-10(7-24-16)6-13(20)22-2/h3-5,7H,6H2,1-2H3,(H,18,19,21). The molecule has 1 aromatic carbocycles. The van der Waals surface area contributed by atoms with Crippen molar-refractivity contribution in [3.63, 3.8) is 0 Å². The van der Waals surface area contributed by atoms with Gasteiger partial charge in [0.2, 0.25) is 0 Å². The van der Waals surface area contributed by atoms with Crippen LogP contribution in [-0.2, 0) is 16.0 Å². The number of rotatable bonds is 4. The molecule has 8 heteroatoms. The number of amides is 1. The number of benzene rings is 1. The highest BCUT2D eigenvalue weighted by atomic mass is 35.5. The molecule has 24 heavy (non-hydrogen) atoms. The van der Waals surface area contributed by atoms with Crippen molar-refractivity contribution in [1.29, 1.82) is 0 Å². The summed E-state index contributed by atoms with van der Waals surface area (Å²) in [6.07, 6.45) is 0.0606. The van der Waals surface area contributed by atoms with Gasteiger partial charge in [-0.2, -0.15) is 0 Å². The lowest BCUT2D eigenvalue weighted by molar-refractivity contribution is -0.139. The summed E-state index contributed by atoms with van der Waals surface area (Å²) < 4.78 is 10.2. The lowest BCUT2D eigenvalue weighted by atomic mass is 10.1. The number of carbonyl (C=O) groups excluding carboxylic acids is 2. The molecule has 0 bridgehead atoms. The smallest absolute Gasteiger partial charge is 0.311 e. The summed E-state index contributed by atoms with van der Waals surface area (Å²) in [5, 5.41) is 6.12. The van der Waals surface area contributed by atoms with Gasteiger partial charge in [0.25, 0.3) is 5.91 Å². The van der Waals surface area contributed by atoms with Gasteiger partial charge in [-0.25, -0.2) is 4.98 Å². The van der Waals surface area contributed by atoms with Crippen molar-refractivity contribution >= 4 is 50.9 Å². The van der Waals surface area contributed by atoms with E-state index in [1.807, 2.05) is 0 Å². The van der Waals surface area contributed by atoms with E-state index in [0.29, 0.717) is 27.0 Å². The van der Waals surface area contributed by atoms with Crippen LogP contribution >= 0.6 is 22.9 Å². The van der Waals surface area contributed by atoms with E-state index in [-0.39, 0.29) is 18.2 Å². The molecule has 0 spiro atoms. The van der Waals surface area contributed by atoms with Crippen LogP contribution in [0.4, 0.5) is 5.13 Å². The largest absolute Gasteiger partial charge is 0.469 e. The number of esters is 1. The summed E-state index contributed by atoms with van der Waals surface area (Å²) in [7, 11) is 1.31. The first-order valence-corrected chi connectivity index (χ1v) is 8.25. The number of furan rings is 1. The van der Waals surface area contributed by atoms with Crippen LogP contribution < -0.4 is 5.32 Å². The van der Waals surface area contributed by atoms with Crippen LogP contribution in [0.25, 0.3) is 11.0 Å². The maximum absolute atomic E-state index is 12.4. The van der Waals surface area contributed by atoms with Gasteiger partial charge in [-0.1, -0.05) is 11.6 Å². The van der Waals surface area contributed by atoms with Gasteiger partial charge in [-0.3, -0.25) is 14.9 Å². The fraction of sp³-hybridized carbons (Fsp3) is 0.188. The first-order valence-electron chi connectivity index (χ1n) is 6.99. The summed E-state index contributed by atoms with van der Waals surface area (Å²) in [5.41, 5.74) is 1.83. The third-order valence-electron chi connectivity index (χ3n) is 3.43. The highest BCUT2D eigenvalue weighted by Gasteiger charge is 2.19. The van der Waals surface area contributed by atoms with Crippen molar-refractivity contribution in [3.8, 4) is 0 Å². The van der Waals surface area contributed by atoms with Gasteiger partial charge in [0, 0.05) is 21.4 Å². The Bertz CT molecular complexity index is 931. The monoisotopic (exact) mass is 364 g/mol. The van der Waals surface area contributed by atoms with E-state index in [2.05, 4.69) is 15.0 Å². The number of aryl methyl sites for hydroxylation is 1. The summed E-state index contributed by atoms with van der Waals surface area (Å²) in [5.74, 6) is -0.584. The number of ether oxygens (including phenoxy) is 1. The number of aromatic nitrogens is 1. The van der Waals surface area contributed by atoms with Gasteiger partial charge in [0.1, 0.15) is 5.58 Å². The van der Waals surface area contributed by atoms with Crippen molar-refractivity contribution < 1.29 is 18.7 Å². The predicted molar refractivity (Wildman–Crippen MR) is 91.7 cm³/mol. The first-order chi connectivity index (χ1) is 11.5. The number of nitrogens with zero attached hydrogens (tertiary/aromatic N) is 1. The van der Waals surface area contributed by atoms with E-state index >= 15 is 0 Å². The maximum Gasteiger partial charge on any atom is 0.311 e. The highest BCUT2D eigenvalue weighted by Crippen LogP contribution is 2.28. The lowest BCUT2D eigenvalue weighted by Crippen LogP contribution is -2.12. The average molecular weight is 365 g/mol. The molecule has 0 saturated carbocycles. The Labute approximate surface area is 146 Å². The average Bonchev–Trinajstić information content (AvgIpc) is 3.12. The zero-order chi connectivity index (χ0) is 17.3. The number of hydrogen-bond donors (Lipinski definition) is 1. The molecule has 3 rings (SSSR count). The van der Waals surface area contributed by atoms with E-state index in [1.54, 1.807) is 30.5 Å². The highest BCUT2D eigenvalue weighted by molar-refractivity contribution is 7.14. The Hall–Kier alpha value is -2.38. The van der Waals surface area contributed by atoms with Crippen LogP contribution in [0.3, 0.4) is 0 Å². The lowest BCUT2D eigenvalue weighted by Gasteiger charge is -1.99. The van der Waals surface area contributed by atoms with Crippen LogP contribution in [0.15, 0.2) is 28.0 Å². The number of halogens is 1. The molecule has 0 fully saturated rings. The Morgan fingerprint density at radius 2 is 2.21 bits per heavy atom. The van der Waals surface area contributed by atoms with Gasteiger partial charge in [0.15, 0.2) is 10.9 Å². The molecule has 2 heterocycles. The van der Waals surface area contributed by atoms with Gasteiger partial charge in [0.05, 0.1) is 19.2 Å². The second kappa shape index (κ2) is 6.62. The predicted octanol–water partition coefficient (Wildman–Crippen LogP) is 3.82. The van der Waals surface area contributed by atoms with E-state index in [9.17, 15) is 9.59 Å². The van der Waals surface area contributed by atoms with Crippen molar-refractivity contribution in [3.05, 3.63) is 45.6 Å². The van der Waals surface area contributed by atoms with E-state index < -0.39 is 5.91 Å². The second-order valence-corrected chi connectivity index (χ2v) is 6.34. The Morgan fingerprint density at radius 3 is 2.96 bits per heavy atom. The molecule has 3 aromatic rings. The Balaban J connectivity index is 1.80. The molecule has 0 aliphatic carbocycles. The molecule has 124 valence electrons. The zero-order valence-electron chi connectivity index (χ0n) is 12.9. The van der Waals surface area contributed by atoms with Crippen molar-refractivity contribution in [2.75, 3.05) is 12.4 Å². The van der Waals surface area contributed by atoms with Crippen LogP contribution in [0.2, 0.25) is 5.02 Å². The number of methoxy groups -OCH3 is 1. The molecule has 0 unspecified atom stereocenters. The third kappa shape index (κ3) is 3.27. The molecule has 0 radical (unpaired) electrons. The Kier molecular flexibility index (Phi) is 4.55. The molecule has 0 saturated heterocycles. The summed E-state index contributed by atoms with van der Waals surface area (Å²) in [4.78, 5) is 27.8. The van der Waals surface area contributed by atoms with Crippen LogP contribution in [0.5, 0.6) is 0 Å².